The first-order valence-corrected chi connectivity index (χ1v) is 7.04. The van der Waals surface area contributed by atoms with Gasteiger partial charge in [-0.2, -0.15) is 5.10 Å². The molecule has 1 aromatic carbocycles. The summed E-state index contributed by atoms with van der Waals surface area (Å²) in [5.74, 6) is -0.481. The molecule has 0 radical (unpaired) electrons. The summed E-state index contributed by atoms with van der Waals surface area (Å²) in [6.07, 6.45) is 3.13. The van der Waals surface area contributed by atoms with Crippen molar-refractivity contribution in [2.24, 2.45) is 0 Å². The number of amides is 1. The molecule has 23 heavy (non-hydrogen) atoms. The molecule has 7 heteroatoms. The van der Waals surface area contributed by atoms with Crippen LogP contribution in [0, 0.1) is 0 Å². The Kier molecular flexibility index (Phi) is 4.68. The quantitative estimate of drug-likeness (QED) is 0.848. The molecule has 2 N–H and O–H groups in total. The van der Waals surface area contributed by atoms with Gasteiger partial charge in [-0.25, -0.2) is 4.79 Å². The van der Waals surface area contributed by atoms with Gasteiger partial charge < -0.3 is 15.2 Å². The molecule has 1 aromatic heterocycles. The summed E-state index contributed by atoms with van der Waals surface area (Å²) < 4.78 is 6.37. The van der Waals surface area contributed by atoms with Gasteiger partial charge in [-0.1, -0.05) is 12.1 Å². The number of anilines is 1. The maximum Gasteiger partial charge on any atom is 0.331 e. The minimum Gasteiger partial charge on any atom is -0.497 e. The molecule has 0 aliphatic rings. The van der Waals surface area contributed by atoms with Gasteiger partial charge in [0.1, 0.15) is 5.75 Å². The lowest BCUT2D eigenvalue weighted by molar-refractivity contribution is -0.146. The SMILES string of the molecule is COc1ccc(CC(=O)Nc2cnn(C(C)(C)C(=O)O)c2)cc1. The first-order valence-electron chi connectivity index (χ1n) is 7.04. The molecule has 0 fully saturated rings. The second-order valence-electron chi connectivity index (χ2n) is 5.61. The highest BCUT2D eigenvalue weighted by Gasteiger charge is 2.30. The van der Waals surface area contributed by atoms with Gasteiger partial charge in [-0.15, -0.1) is 0 Å². The fourth-order valence-electron chi connectivity index (χ4n) is 1.93. The Balaban J connectivity index is 2.00. The van der Waals surface area contributed by atoms with E-state index in [9.17, 15) is 9.59 Å². The number of nitrogens with one attached hydrogen (secondary N) is 1. The van der Waals surface area contributed by atoms with Gasteiger partial charge in [0.15, 0.2) is 5.54 Å². The fraction of sp³-hybridized carbons (Fsp3) is 0.312. The number of hydrogen-bond donors (Lipinski definition) is 2. The Bertz CT molecular complexity index is 704. The van der Waals surface area contributed by atoms with E-state index in [1.165, 1.54) is 30.9 Å². The van der Waals surface area contributed by atoms with Crippen LogP contribution in [-0.4, -0.2) is 33.9 Å². The number of nitrogens with zero attached hydrogens (tertiary/aromatic N) is 2. The maximum atomic E-state index is 12.0. The third kappa shape index (κ3) is 3.88. The molecule has 2 aromatic rings. The summed E-state index contributed by atoms with van der Waals surface area (Å²) in [7, 11) is 1.58. The molecule has 0 saturated carbocycles. The predicted molar refractivity (Wildman–Crippen MR) is 84.5 cm³/mol. The zero-order valence-corrected chi connectivity index (χ0v) is 13.2. The van der Waals surface area contributed by atoms with Crippen LogP contribution in [0.2, 0.25) is 0 Å². The van der Waals surface area contributed by atoms with Crippen molar-refractivity contribution >= 4 is 17.6 Å². The molecule has 0 atom stereocenters. The Morgan fingerprint density at radius 3 is 2.52 bits per heavy atom. The van der Waals surface area contributed by atoms with Crippen LogP contribution in [0.25, 0.3) is 0 Å². The van der Waals surface area contributed by atoms with E-state index >= 15 is 0 Å². The van der Waals surface area contributed by atoms with Gasteiger partial charge in [0.25, 0.3) is 0 Å². The number of hydrogen-bond acceptors (Lipinski definition) is 4. The van der Waals surface area contributed by atoms with Gasteiger partial charge in [-0.3, -0.25) is 9.48 Å². The predicted octanol–water partition coefficient (Wildman–Crippen LogP) is 1.89. The van der Waals surface area contributed by atoms with E-state index in [1.54, 1.807) is 19.2 Å². The number of carboxylic acid groups (broad SMARTS) is 1. The van der Waals surface area contributed by atoms with Gasteiger partial charge in [0.2, 0.25) is 5.91 Å². The molecular weight excluding hydrogens is 298 g/mol. The molecule has 7 nitrogen and oxygen atoms in total. The van der Waals surface area contributed by atoms with E-state index in [4.69, 9.17) is 9.84 Å². The second kappa shape index (κ2) is 6.51. The smallest absolute Gasteiger partial charge is 0.331 e. The average molecular weight is 317 g/mol. The number of carboxylic acids is 1. The molecule has 0 unspecified atom stereocenters. The Morgan fingerprint density at radius 2 is 1.96 bits per heavy atom. The number of ether oxygens (including phenoxy) is 1. The van der Waals surface area contributed by atoms with Gasteiger partial charge in [-0.05, 0) is 31.5 Å². The lowest BCUT2D eigenvalue weighted by Gasteiger charge is -2.19. The molecule has 0 aliphatic heterocycles. The van der Waals surface area contributed by atoms with E-state index in [0.717, 1.165) is 11.3 Å². The lowest BCUT2D eigenvalue weighted by Crippen LogP contribution is -2.35. The molecule has 122 valence electrons. The number of benzene rings is 1. The first kappa shape index (κ1) is 16.5. The first-order chi connectivity index (χ1) is 10.8. The van der Waals surface area contributed by atoms with Crippen molar-refractivity contribution in [3.8, 4) is 5.75 Å². The average Bonchev–Trinajstić information content (AvgIpc) is 2.97. The lowest BCUT2D eigenvalue weighted by atomic mass is 10.1. The van der Waals surface area contributed by atoms with Crippen molar-refractivity contribution in [3.63, 3.8) is 0 Å². The summed E-state index contributed by atoms with van der Waals surface area (Å²) >= 11 is 0. The number of aromatic nitrogens is 2. The van der Waals surface area contributed by atoms with E-state index in [-0.39, 0.29) is 12.3 Å². The summed E-state index contributed by atoms with van der Waals surface area (Å²) in [5.41, 5.74) is 0.123. The normalized spacial score (nSPS) is 11.1. The fourth-order valence-corrected chi connectivity index (χ4v) is 1.93. The minimum absolute atomic E-state index is 0.206. The summed E-state index contributed by atoms with van der Waals surface area (Å²) in [6, 6.07) is 7.21. The summed E-state index contributed by atoms with van der Waals surface area (Å²) in [4.78, 5) is 23.2. The largest absolute Gasteiger partial charge is 0.497 e. The van der Waals surface area contributed by atoms with Crippen LogP contribution in [0.15, 0.2) is 36.7 Å². The Morgan fingerprint density at radius 1 is 1.30 bits per heavy atom. The van der Waals surface area contributed by atoms with Crippen molar-refractivity contribution in [2.75, 3.05) is 12.4 Å². The van der Waals surface area contributed by atoms with Crippen molar-refractivity contribution in [1.82, 2.24) is 9.78 Å². The number of rotatable bonds is 6. The number of methoxy groups -OCH3 is 1. The van der Waals surface area contributed by atoms with Crippen LogP contribution in [0.5, 0.6) is 5.75 Å². The number of carbonyl (C=O) groups excluding carboxylic acids is 1. The van der Waals surface area contributed by atoms with E-state index in [2.05, 4.69) is 10.4 Å². The van der Waals surface area contributed by atoms with Crippen LogP contribution in [0.4, 0.5) is 5.69 Å². The molecule has 2 rings (SSSR count). The van der Waals surface area contributed by atoms with Gasteiger partial charge in [0.05, 0.1) is 25.4 Å². The van der Waals surface area contributed by atoms with Crippen LogP contribution >= 0.6 is 0 Å². The maximum absolute atomic E-state index is 12.0. The molecule has 0 saturated heterocycles. The zero-order valence-electron chi connectivity index (χ0n) is 13.2. The highest BCUT2D eigenvalue weighted by Crippen LogP contribution is 2.18. The van der Waals surface area contributed by atoms with Gasteiger partial charge in [0, 0.05) is 6.20 Å². The molecule has 1 amide bonds. The second-order valence-corrected chi connectivity index (χ2v) is 5.61. The highest BCUT2D eigenvalue weighted by atomic mass is 16.5. The Labute approximate surface area is 133 Å². The molecule has 1 heterocycles. The third-order valence-corrected chi connectivity index (χ3v) is 3.49. The van der Waals surface area contributed by atoms with Crippen LogP contribution in [-0.2, 0) is 21.5 Å². The molecule has 0 spiro atoms. The number of aliphatic carboxylic acids is 1. The van der Waals surface area contributed by atoms with Crippen molar-refractivity contribution in [3.05, 3.63) is 42.2 Å². The van der Waals surface area contributed by atoms with E-state index in [1.807, 2.05) is 12.1 Å². The standard InChI is InChI=1S/C16H19N3O4/c1-16(2,15(21)22)19-10-12(9-17-19)18-14(20)8-11-4-6-13(23-3)7-5-11/h4-7,9-10H,8H2,1-3H3,(H,18,20)(H,21,22). The molecule has 0 bridgehead atoms. The Hall–Kier alpha value is -2.83. The summed E-state index contributed by atoms with van der Waals surface area (Å²) in [6.45, 7) is 3.07. The van der Waals surface area contributed by atoms with E-state index in [0.29, 0.717) is 5.69 Å². The van der Waals surface area contributed by atoms with Crippen LogP contribution < -0.4 is 10.1 Å². The highest BCUT2D eigenvalue weighted by molar-refractivity contribution is 5.92. The third-order valence-electron chi connectivity index (χ3n) is 3.49. The van der Waals surface area contributed by atoms with Crippen molar-refractivity contribution in [1.29, 1.82) is 0 Å². The van der Waals surface area contributed by atoms with E-state index < -0.39 is 11.5 Å². The monoisotopic (exact) mass is 317 g/mol. The zero-order chi connectivity index (χ0) is 17.0. The van der Waals surface area contributed by atoms with Crippen molar-refractivity contribution in [2.45, 2.75) is 25.8 Å². The van der Waals surface area contributed by atoms with Crippen LogP contribution in [0.3, 0.4) is 0 Å². The van der Waals surface area contributed by atoms with Crippen molar-refractivity contribution < 1.29 is 19.4 Å². The minimum atomic E-state index is -1.18. The summed E-state index contributed by atoms with van der Waals surface area (Å²) in [5, 5.41) is 15.9. The molecule has 0 aliphatic carbocycles. The molecular formula is C16H19N3O4. The topological polar surface area (TPSA) is 93.5 Å². The number of carbonyl (C=O) groups is 2. The van der Waals surface area contributed by atoms with Crippen LogP contribution in [0.1, 0.15) is 19.4 Å². The van der Waals surface area contributed by atoms with Gasteiger partial charge >= 0.3 is 5.97 Å².